The molecule has 2 aromatic rings. The van der Waals surface area contributed by atoms with E-state index in [-0.39, 0.29) is 11.9 Å². The number of rotatable bonds is 5. The van der Waals surface area contributed by atoms with Crippen molar-refractivity contribution in [1.29, 1.82) is 0 Å². The van der Waals surface area contributed by atoms with Crippen LogP contribution in [0.3, 0.4) is 0 Å². The van der Waals surface area contributed by atoms with Crippen LogP contribution in [-0.2, 0) is 0 Å². The van der Waals surface area contributed by atoms with Gasteiger partial charge in [0, 0.05) is 11.8 Å². The highest BCUT2D eigenvalue weighted by Crippen LogP contribution is 2.22. The molecule has 5 heteroatoms. The van der Waals surface area contributed by atoms with Gasteiger partial charge in [0.15, 0.2) is 5.11 Å². The summed E-state index contributed by atoms with van der Waals surface area (Å²) in [5.74, 6) is 0.815. The summed E-state index contributed by atoms with van der Waals surface area (Å²) in [6.07, 6.45) is 0. The van der Waals surface area contributed by atoms with Gasteiger partial charge in [0.2, 0.25) is 0 Å². The molecule has 0 amide bonds. The number of hydrogen-bond donors (Lipinski definition) is 2. The van der Waals surface area contributed by atoms with Crippen LogP contribution in [0.15, 0.2) is 48.5 Å². The molecule has 0 bridgehead atoms. The van der Waals surface area contributed by atoms with E-state index in [0.29, 0.717) is 11.0 Å². The monoisotopic (exact) mass is 332 g/mol. The van der Waals surface area contributed by atoms with Gasteiger partial charge < -0.3 is 15.4 Å². The molecule has 0 aliphatic carbocycles. The Hall–Kier alpha value is -2.14. The van der Waals surface area contributed by atoms with Gasteiger partial charge >= 0.3 is 0 Å². The lowest BCUT2D eigenvalue weighted by Gasteiger charge is -2.25. The minimum atomic E-state index is -0.242. The van der Waals surface area contributed by atoms with Crippen molar-refractivity contribution >= 4 is 23.0 Å². The Bertz CT molecular complexity index is 658. The maximum Gasteiger partial charge on any atom is 0.171 e. The highest BCUT2D eigenvalue weighted by Gasteiger charge is 2.17. The Labute approximate surface area is 141 Å². The van der Waals surface area contributed by atoms with Crippen LogP contribution in [0.25, 0.3) is 0 Å². The number of halogens is 1. The summed E-state index contributed by atoms with van der Waals surface area (Å²) in [4.78, 5) is 0. The van der Waals surface area contributed by atoms with E-state index < -0.39 is 0 Å². The molecule has 0 aliphatic rings. The number of ether oxygens (including phenoxy) is 1. The fourth-order valence-electron chi connectivity index (χ4n) is 2.31. The van der Waals surface area contributed by atoms with E-state index >= 15 is 0 Å². The first-order chi connectivity index (χ1) is 11.0. The van der Waals surface area contributed by atoms with E-state index in [1.807, 2.05) is 24.3 Å². The van der Waals surface area contributed by atoms with E-state index in [4.69, 9.17) is 17.0 Å². The molecule has 1 atom stereocenters. The number of nitrogens with one attached hydrogen (secondary N) is 2. The van der Waals surface area contributed by atoms with Crippen molar-refractivity contribution < 1.29 is 9.13 Å². The topological polar surface area (TPSA) is 33.3 Å². The zero-order valence-electron chi connectivity index (χ0n) is 13.5. The molecule has 122 valence electrons. The standard InChI is InChI=1S/C18H21FN2OS/c1-12(2)17(13-7-9-14(19)10-8-13)21-18(23)20-15-5-4-6-16(11-15)22-3/h4-12,17H,1-3H3,(H2,20,21,23)/t17-/m1/s1. The van der Waals surface area contributed by atoms with Crippen LogP contribution in [0.1, 0.15) is 25.5 Å². The van der Waals surface area contributed by atoms with Crippen molar-refractivity contribution in [3.8, 4) is 5.75 Å². The smallest absolute Gasteiger partial charge is 0.171 e. The van der Waals surface area contributed by atoms with Crippen molar-refractivity contribution in [1.82, 2.24) is 5.32 Å². The predicted octanol–water partition coefficient (Wildman–Crippen LogP) is 4.52. The normalized spacial score (nSPS) is 11.9. The highest BCUT2D eigenvalue weighted by atomic mass is 32.1. The van der Waals surface area contributed by atoms with Crippen LogP contribution in [0.5, 0.6) is 5.75 Å². The van der Waals surface area contributed by atoms with Gasteiger partial charge in [-0.05, 0) is 48.0 Å². The summed E-state index contributed by atoms with van der Waals surface area (Å²) in [6, 6.07) is 14.0. The molecule has 0 heterocycles. The van der Waals surface area contributed by atoms with Gasteiger partial charge in [-0.25, -0.2) is 4.39 Å². The second kappa shape index (κ2) is 7.92. The van der Waals surface area contributed by atoms with E-state index in [0.717, 1.165) is 17.0 Å². The molecule has 0 aromatic heterocycles. The molecule has 0 spiro atoms. The lowest BCUT2D eigenvalue weighted by Crippen LogP contribution is -2.34. The first-order valence-corrected chi connectivity index (χ1v) is 7.87. The minimum absolute atomic E-state index is 0.00112. The second-order valence-corrected chi connectivity index (χ2v) is 6.01. The number of hydrogen-bond acceptors (Lipinski definition) is 2. The lowest BCUT2D eigenvalue weighted by atomic mass is 9.96. The largest absolute Gasteiger partial charge is 0.497 e. The maximum atomic E-state index is 13.1. The quantitative estimate of drug-likeness (QED) is 0.789. The SMILES string of the molecule is COc1cccc(NC(=S)N[C@@H](c2ccc(F)cc2)C(C)C)c1. The number of methoxy groups -OCH3 is 1. The summed E-state index contributed by atoms with van der Waals surface area (Å²) in [7, 11) is 1.62. The number of anilines is 1. The third-order valence-corrected chi connectivity index (χ3v) is 3.73. The number of thiocarbonyl (C=S) groups is 1. The average molecular weight is 332 g/mol. The Balaban J connectivity index is 2.07. The van der Waals surface area contributed by atoms with Gasteiger partial charge in [-0.3, -0.25) is 0 Å². The highest BCUT2D eigenvalue weighted by molar-refractivity contribution is 7.80. The Morgan fingerprint density at radius 1 is 1.13 bits per heavy atom. The fourth-order valence-corrected chi connectivity index (χ4v) is 2.56. The van der Waals surface area contributed by atoms with Gasteiger partial charge in [0.25, 0.3) is 0 Å². The zero-order valence-corrected chi connectivity index (χ0v) is 14.3. The molecule has 0 unspecified atom stereocenters. The third kappa shape index (κ3) is 4.93. The molecular weight excluding hydrogens is 311 g/mol. The molecule has 0 radical (unpaired) electrons. The van der Waals surface area contributed by atoms with Crippen molar-refractivity contribution in [2.45, 2.75) is 19.9 Å². The van der Waals surface area contributed by atoms with E-state index in [2.05, 4.69) is 24.5 Å². The Morgan fingerprint density at radius 3 is 2.43 bits per heavy atom. The second-order valence-electron chi connectivity index (χ2n) is 5.60. The summed E-state index contributed by atoms with van der Waals surface area (Å²) in [6.45, 7) is 4.18. The van der Waals surface area contributed by atoms with Crippen LogP contribution in [0, 0.1) is 11.7 Å². The van der Waals surface area contributed by atoms with Gasteiger partial charge in [0.05, 0.1) is 13.2 Å². The third-order valence-electron chi connectivity index (χ3n) is 3.51. The summed E-state index contributed by atoms with van der Waals surface area (Å²) < 4.78 is 18.3. The summed E-state index contributed by atoms with van der Waals surface area (Å²) in [5.41, 5.74) is 1.85. The van der Waals surface area contributed by atoms with Gasteiger partial charge in [-0.15, -0.1) is 0 Å². The van der Waals surface area contributed by atoms with Gasteiger partial charge in [0.1, 0.15) is 11.6 Å². The predicted molar refractivity (Wildman–Crippen MR) is 96.3 cm³/mol. The minimum Gasteiger partial charge on any atom is -0.497 e. The molecule has 23 heavy (non-hydrogen) atoms. The molecule has 0 aliphatic heterocycles. The first kappa shape index (κ1) is 17.2. The average Bonchev–Trinajstić information content (AvgIpc) is 2.53. The molecule has 0 saturated carbocycles. The molecule has 2 rings (SSSR count). The van der Waals surface area contributed by atoms with Crippen LogP contribution < -0.4 is 15.4 Å². The van der Waals surface area contributed by atoms with E-state index in [1.165, 1.54) is 12.1 Å². The Kier molecular flexibility index (Phi) is 5.93. The van der Waals surface area contributed by atoms with Crippen LogP contribution in [-0.4, -0.2) is 12.2 Å². The van der Waals surface area contributed by atoms with Crippen LogP contribution in [0.4, 0.5) is 10.1 Å². The van der Waals surface area contributed by atoms with Crippen molar-refractivity contribution in [3.63, 3.8) is 0 Å². The van der Waals surface area contributed by atoms with Crippen LogP contribution >= 0.6 is 12.2 Å². The molecule has 0 saturated heterocycles. The van der Waals surface area contributed by atoms with Gasteiger partial charge in [-0.2, -0.15) is 0 Å². The summed E-state index contributed by atoms with van der Waals surface area (Å²) >= 11 is 5.40. The first-order valence-electron chi connectivity index (χ1n) is 7.46. The molecule has 2 N–H and O–H groups in total. The lowest BCUT2D eigenvalue weighted by molar-refractivity contribution is 0.415. The number of benzene rings is 2. The van der Waals surface area contributed by atoms with Crippen molar-refractivity contribution in [3.05, 3.63) is 59.9 Å². The van der Waals surface area contributed by atoms with Crippen molar-refractivity contribution in [2.75, 3.05) is 12.4 Å². The summed E-state index contributed by atoms with van der Waals surface area (Å²) in [5, 5.41) is 6.96. The molecule has 2 aromatic carbocycles. The maximum absolute atomic E-state index is 13.1. The van der Waals surface area contributed by atoms with E-state index in [9.17, 15) is 4.39 Å². The fraction of sp³-hybridized carbons (Fsp3) is 0.278. The molecule has 0 fully saturated rings. The molecule has 3 nitrogen and oxygen atoms in total. The van der Waals surface area contributed by atoms with E-state index in [1.54, 1.807) is 19.2 Å². The zero-order chi connectivity index (χ0) is 16.8. The van der Waals surface area contributed by atoms with Crippen molar-refractivity contribution in [2.24, 2.45) is 5.92 Å². The Morgan fingerprint density at radius 2 is 1.83 bits per heavy atom. The van der Waals surface area contributed by atoms with Crippen LogP contribution in [0.2, 0.25) is 0 Å². The molecular formula is C18H21FN2OS. The van der Waals surface area contributed by atoms with Gasteiger partial charge in [-0.1, -0.05) is 32.0 Å².